The first-order valence-electron chi connectivity index (χ1n) is 19.2. The molecular formula is C47H49N7+2. The van der Waals surface area contributed by atoms with Gasteiger partial charge in [0.2, 0.25) is 33.4 Å². The van der Waals surface area contributed by atoms with E-state index in [0.717, 1.165) is 110 Å². The zero-order chi connectivity index (χ0) is 37.3. The van der Waals surface area contributed by atoms with Crippen LogP contribution < -0.4 is 25.9 Å². The second kappa shape index (κ2) is 14.7. The fourth-order valence-electron chi connectivity index (χ4n) is 7.76. The summed E-state index contributed by atoms with van der Waals surface area (Å²) < 4.78 is 4.60. The first-order chi connectivity index (χ1) is 26.2. The van der Waals surface area contributed by atoms with E-state index in [1.54, 1.807) is 0 Å². The number of para-hydroxylation sites is 2. The van der Waals surface area contributed by atoms with Crippen molar-refractivity contribution in [2.45, 2.75) is 66.2 Å². The highest BCUT2D eigenvalue weighted by molar-refractivity contribution is 5.88. The van der Waals surface area contributed by atoms with Crippen LogP contribution in [0.5, 0.6) is 0 Å². The van der Waals surface area contributed by atoms with Gasteiger partial charge in [-0.3, -0.25) is 0 Å². The van der Waals surface area contributed by atoms with Crippen LogP contribution in [0.15, 0.2) is 109 Å². The number of nitrogens with zero attached hydrogens (tertiary/aromatic N) is 4. The Bertz CT molecular complexity index is 2480. The smallest absolute Gasteiger partial charge is 0.239 e. The average molecular weight is 712 g/mol. The lowest BCUT2D eigenvalue weighted by atomic mass is 10.00. The zero-order valence-corrected chi connectivity index (χ0v) is 31.8. The monoisotopic (exact) mass is 711 g/mol. The number of unbranched alkanes of at least 4 members (excludes halogenated alkanes) is 4. The van der Waals surface area contributed by atoms with E-state index in [2.05, 4.69) is 131 Å². The van der Waals surface area contributed by atoms with Gasteiger partial charge in [0.25, 0.3) is 0 Å². The Hall–Kier alpha value is -6.08. The fourth-order valence-corrected chi connectivity index (χ4v) is 7.76. The molecule has 2 aromatic heterocycles. The molecule has 8 aromatic rings. The Kier molecular flexibility index (Phi) is 9.55. The van der Waals surface area contributed by atoms with Gasteiger partial charge in [-0.1, -0.05) is 55.7 Å². The molecule has 2 heterocycles. The van der Waals surface area contributed by atoms with Crippen molar-refractivity contribution in [1.82, 2.24) is 9.97 Å². The molecule has 0 atom stereocenters. The third-order valence-corrected chi connectivity index (χ3v) is 10.9. The van der Waals surface area contributed by atoms with Crippen LogP contribution in [0.1, 0.15) is 59.9 Å². The van der Waals surface area contributed by atoms with Gasteiger partial charge in [-0.05, 0) is 99.0 Å². The van der Waals surface area contributed by atoms with E-state index in [1.165, 1.54) is 36.0 Å². The largest absolute Gasteiger partial charge is 0.398 e. The number of hydrogen-bond acceptors (Lipinski definition) is 5. The van der Waals surface area contributed by atoms with E-state index >= 15 is 0 Å². The number of hydrogen-bond donors (Lipinski definition) is 3. The van der Waals surface area contributed by atoms with Gasteiger partial charge in [0, 0.05) is 72.1 Å². The molecule has 0 saturated carbocycles. The fraction of sp³-hybridized carbons (Fsp3) is 0.234. The lowest BCUT2D eigenvalue weighted by molar-refractivity contribution is -0.538. The highest BCUT2D eigenvalue weighted by Gasteiger charge is 2.23. The van der Waals surface area contributed by atoms with E-state index < -0.39 is 0 Å². The van der Waals surface area contributed by atoms with Crippen LogP contribution in [-0.2, 0) is 6.42 Å². The summed E-state index contributed by atoms with van der Waals surface area (Å²) in [6.07, 6.45) is 6.94. The van der Waals surface area contributed by atoms with E-state index in [1.807, 2.05) is 19.9 Å². The van der Waals surface area contributed by atoms with Crippen molar-refractivity contribution in [2.24, 2.45) is 0 Å². The Morgan fingerprint density at radius 2 is 0.926 bits per heavy atom. The second-order valence-electron chi connectivity index (χ2n) is 14.8. The van der Waals surface area contributed by atoms with E-state index in [9.17, 15) is 0 Å². The molecule has 0 amide bonds. The molecule has 0 fully saturated rings. The lowest BCUT2D eigenvalue weighted by Crippen LogP contribution is -2.33. The molecule has 8 rings (SSSR count). The van der Waals surface area contributed by atoms with E-state index in [4.69, 9.17) is 21.4 Å². The number of anilines is 3. The first-order valence-corrected chi connectivity index (χ1v) is 19.2. The summed E-state index contributed by atoms with van der Waals surface area (Å²) in [6, 6.07) is 38.4. The van der Waals surface area contributed by atoms with Crippen molar-refractivity contribution in [3.05, 3.63) is 137 Å². The van der Waals surface area contributed by atoms with Gasteiger partial charge < -0.3 is 16.8 Å². The molecule has 5 N–H and O–H groups in total. The Morgan fingerprint density at radius 1 is 0.481 bits per heavy atom. The van der Waals surface area contributed by atoms with Crippen LogP contribution in [0.25, 0.3) is 55.5 Å². The van der Waals surface area contributed by atoms with Crippen LogP contribution in [0.4, 0.5) is 17.1 Å². The van der Waals surface area contributed by atoms with Crippen LogP contribution in [0.2, 0.25) is 0 Å². The van der Waals surface area contributed by atoms with Gasteiger partial charge in [0.15, 0.2) is 0 Å². The molecule has 0 aliphatic heterocycles. The number of nitrogens with one attached hydrogen (secondary N) is 1. The number of benzene rings is 6. The average Bonchev–Trinajstić information content (AvgIpc) is 3.16. The van der Waals surface area contributed by atoms with Crippen molar-refractivity contribution in [3.63, 3.8) is 0 Å². The summed E-state index contributed by atoms with van der Waals surface area (Å²) in [6.45, 7) is 9.40. The number of nitrogen functional groups attached to an aromatic ring is 2. The molecule has 0 aliphatic rings. The Labute approximate surface area is 317 Å². The topological polar surface area (TPSA) is 97.6 Å². The van der Waals surface area contributed by atoms with Crippen LogP contribution in [-0.4, -0.2) is 16.5 Å². The number of rotatable bonds is 11. The summed E-state index contributed by atoms with van der Waals surface area (Å²) in [5, 5.41) is 3.75. The highest BCUT2D eigenvalue weighted by atomic mass is 15.0. The van der Waals surface area contributed by atoms with E-state index in [-0.39, 0.29) is 0 Å². The predicted octanol–water partition coefficient (Wildman–Crippen LogP) is 9.65. The molecular weight excluding hydrogens is 663 g/mol. The van der Waals surface area contributed by atoms with Crippen molar-refractivity contribution >= 4 is 61.2 Å². The van der Waals surface area contributed by atoms with Gasteiger partial charge in [0.1, 0.15) is 22.1 Å². The van der Waals surface area contributed by atoms with Crippen LogP contribution in [0.3, 0.4) is 0 Å². The molecule has 7 heteroatoms. The lowest BCUT2D eigenvalue weighted by Gasteiger charge is -2.12. The van der Waals surface area contributed by atoms with Gasteiger partial charge >= 0.3 is 0 Å². The first kappa shape index (κ1) is 35.0. The van der Waals surface area contributed by atoms with Crippen molar-refractivity contribution in [1.29, 1.82) is 0 Å². The summed E-state index contributed by atoms with van der Waals surface area (Å²) in [5.74, 6) is 0. The van der Waals surface area contributed by atoms with Crippen LogP contribution >= 0.6 is 0 Å². The highest BCUT2D eigenvalue weighted by Crippen LogP contribution is 2.28. The minimum absolute atomic E-state index is 0.773. The maximum atomic E-state index is 6.41. The minimum atomic E-state index is 0.773. The Morgan fingerprint density at radius 3 is 1.48 bits per heavy atom. The van der Waals surface area contributed by atoms with Gasteiger partial charge in [0.05, 0.1) is 0 Å². The minimum Gasteiger partial charge on any atom is -0.398 e. The maximum Gasteiger partial charge on any atom is 0.239 e. The number of aryl methyl sites for hydroxylation is 5. The van der Waals surface area contributed by atoms with Gasteiger partial charge in [-0.2, -0.15) is 0 Å². The van der Waals surface area contributed by atoms with Crippen molar-refractivity contribution in [2.75, 3.05) is 23.3 Å². The summed E-state index contributed by atoms with van der Waals surface area (Å²) in [7, 11) is 0. The second-order valence-corrected chi connectivity index (χ2v) is 14.8. The summed E-state index contributed by atoms with van der Waals surface area (Å²) >= 11 is 0. The quantitative estimate of drug-likeness (QED) is 0.0537. The molecule has 0 spiro atoms. The maximum absolute atomic E-state index is 6.41. The summed E-state index contributed by atoms with van der Waals surface area (Å²) in [4.78, 5) is 10.2. The molecule has 7 nitrogen and oxygen atoms in total. The number of aromatic nitrogens is 4. The van der Waals surface area contributed by atoms with E-state index in [0.29, 0.717) is 0 Å². The molecule has 0 saturated heterocycles. The number of nitrogens with two attached hydrogens (primary N) is 2. The zero-order valence-electron chi connectivity index (χ0n) is 31.8. The van der Waals surface area contributed by atoms with Crippen LogP contribution in [0, 0.1) is 27.7 Å². The normalized spacial score (nSPS) is 11.6. The van der Waals surface area contributed by atoms with Crippen molar-refractivity contribution in [3.8, 4) is 11.4 Å². The standard InChI is InChI=1S/C47H47N7/c1-30-22-40-44(53(35-17-11-8-12-18-35)45-27-37(48)31(2)23-41(45)51-40)26-34(30)16-10-6-5-7-15-21-50-39-29-47-43(25-33(39)4)52-42-24-32(3)38(49)28-46(42)54(47)36-19-13-9-14-20-36/h8-9,11-14,17-20,22-29,48H,5-7,10,15-16,21H2,1-4H3,(H2,49,50)/p+2. The summed E-state index contributed by atoms with van der Waals surface area (Å²) in [5.41, 5.74) is 31.8. The third kappa shape index (κ3) is 6.78. The Balaban J connectivity index is 0.935. The van der Waals surface area contributed by atoms with Gasteiger partial charge in [-0.15, -0.1) is 9.13 Å². The molecule has 0 radical (unpaired) electrons. The molecule has 0 unspecified atom stereocenters. The molecule has 54 heavy (non-hydrogen) atoms. The molecule has 0 bridgehead atoms. The molecule has 6 aromatic carbocycles. The van der Waals surface area contributed by atoms with Gasteiger partial charge in [-0.25, -0.2) is 9.97 Å². The molecule has 270 valence electrons. The van der Waals surface area contributed by atoms with Crippen molar-refractivity contribution < 1.29 is 9.13 Å². The molecule has 0 aliphatic carbocycles. The number of fused-ring (bicyclic) bond motifs is 4. The predicted molar refractivity (Wildman–Crippen MR) is 225 cm³/mol. The SMILES string of the molecule is Cc1cc2nc3cc(C)c(CCCCCCCNc4cc5c(cc4C)nc4cc(C)c(N)cc4[n+]5-c4ccccc4)cc3[n+](-c3ccccc3)c2cc1N. The third-order valence-electron chi connectivity index (χ3n) is 10.9.